The van der Waals surface area contributed by atoms with Crippen LogP contribution in [0.15, 0.2) is 0 Å². The lowest BCUT2D eigenvalue weighted by molar-refractivity contribution is -0.117. The molecular formula is C15H28N4O2. The zero-order chi connectivity index (χ0) is 15.8. The first kappa shape index (κ1) is 17.7. The summed E-state index contributed by atoms with van der Waals surface area (Å²) in [6.45, 7) is 8.11. The molecule has 2 N–H and O–H groups in total. The van der Waals surface area contributed by atoms with Gasteiger partial charge in [0, 0.05) is 20.2 Å². The lowest BCUT2D eigenvalue weighted by atomic mass is 10.2. The zero-order valence-electron chi connectivity index (χ0n) is 13.6. The molecule has 1 rings (SSSR count). The van der Waals surface area contributed by atoms with E-state index in [1.807, 2.05) is 20.9 Å². The van der Waals surface area contributed by atoms with E-state index in [1.54, 1.807) is 4.68 Å². The maximum absolute atomic E-state index is 12.2. The standard InChI is InChI=1S/C15H28N4O2/c1-5-6-8-19(9-7-10-20)11-14(21)16-15-12(2)17-18(4)13(15)3/h20H,5-11H2,1-4H3,(H,16,21). The summed E-state index contributed by atoms with van der Waals surface area (Å²) in [6.07, 6.45) is 2.85. The third kappa shape index (κ3) is 5.47. The van der Waals surface area contributed by atoms with E-state index in [2.05, 4.69) is 22.2 Å². The molecule has 6 heteroatoms. The van der Waals surface area contributed by atoms with Crippen molar-refractivity contribution < 1.29 is 9.90 Å². The molecule has 0 radical (unpaired) electrons. The highest BCUT2D eigenvalue weighted by Crippen LogP contribution is 2.18. The number of anilines is 1. The second kappa shape index (κ2) is 8.79. The lowest BCUT2D eigenvalue weighted by Crippen LogP contribution is -2.35. The number of hydrogen-bond donors (Lipinski definition) is 2. The van der Waals surface area contributed by atoms with Gasteiger partial charge >= 0.3 is 0 Å². The summed E-state index contributed by atoms with van der Waals surface area (Å²) in [5.41, 5.74) is 2.59. The Morgan fingerprint density at radius 2 is 2.00 bits per heavy atom. The van der Waals surface area contributed by atoms with E-state index in [4.69, 9.17) is 5.11 Å². The van der Waals surface area contributed by atoms with E-state index in [0.717, 1.165) is 43.0 Å². The molecule has 0 aromatic carbocycles. The number of carbonyl (C=O) groups is 1. The molecule has 6 nitrogen and oxygen atoms in total. The summed E-state index contributed by atoms with van der Waals surface area (Å²) in [5, 5.41) is 16.2. The largest absolute Gasteiger partial charge is 0.396 e. The molecule has 120 valence electrons. The average molecular weight is 296 g/mol. The van der Waals surface area contributed by atoms with E-state index in [9.17, 15) is 4.79 Å². The normalized spacial score (nSPS) is 11.1. The molecule has 0 aliphatic heterocycles. The Morgan fingerprint density at radius 3 is 2.52 bits per heavy atom. The second-order valence-electron chi connectivity index (χ2n) is 5.42. The van der Waals surface area contributed by atoms with Gasteiger partial charge in [-0.15, -0.1) is 0 Å². The van der Waals surface area contributed by atoms with Crippen molar-refractivity contribution in [2.24, 2.45) is 7.05 Å². The maximum Gasteiger partial charge on any atom is 0.238 e. The molecule has 1 amide bonds. The van der Waals surface area contributed by atoms with Crippen LogP contribution in [0.1, 0.15) is 37.6 Å². The van der Waals surface area contributed by atoms with Crippen LogP contribution in [0.3, 0.4) is 0 Å². The number of amides is 1. The second-order valence-corrected chi connectivity index (χ2v) is 5.42. The topological polar surface area (TPSA) is 70.4 Å². The van der Waals surface area contributed by atoms with Crippen LogP contribution in [-0.4, -0.2) is 51.9 Å². The quantitative estimate of drug-likeness (QED) is 0.724. The molecule has 0 saturated carbocycles. The first-order chi connectivity index (χ1) is 9.99. The predicted octanol–water partition coefficient (Wildman–Crippen LogP) is 1.46. The molecule has 1 aromatic heterocycles. The van der Waals surface area contributed by atoms with E-state index < -0.39 is 0 Å². The Kier molecular flexibility index (Phi) is 7.39. The van der Waals surface area contributed by atoms with Crippen LogP contribution < -0.4 is 5.32 Å². The number of carbonyl (C=O) groups excluding carboxylic acids is 1. The molecule has 0 fully saturated rings. The van der Waals surface area contributed by atoms with Crippen molar-refractivity contribution in [2.75, 3.05) is 31.6 Å². The van der Waals surface area contributed by atoms with Crippen LogP contribution in [0.4, 0.5) is 5.69 Å². The van der Waals surface area contributed by atoms with Crippen molar-refractivity contribution >= 4 is 11.6 Å². The van der Waals surface area contributed by atoms with E-state index in [-0.39, 0.29) is 12.5 Å². The lowest BCUT2D eigenvalue weighted by Gasteiger charge is -2.21. The van der Waals surface area contributed by atoms with Gasteiger partial charge in [0.05, 0.1) is 23.6 Å². The number of aliphatic hydroxyl groups excluding tert-OH is 1. The number of rotatable bonds is 9. The van der Waals surface area contributed by atoms with Crippen LogP contribution in [-0.2, 0) is 11.8 Å². The Hall–Kier alpha value is -1.40. The van der Waals surface area contributed by atoms with Gasteiger partial charge in [0.1, 0.15) is 0 Å². The van der Waals surface area contributed by atoms with Gasteiger partial charge in [0.25, 0.3) is 0 Å². The van der Waals surface area contributed by atoms with Crippen molar-refractivity contribution in [2.45, 2.75) is 40.0 Å². The number of aromatic nitrogens is 2. The first-order valence-corrected chi connectivity index (χ1v) is 7.62. The molecular weight excluding hydrogens is 268 g/mol. The number of aliphatic hydroxyl groups is 1. The number of aryl methyl sites for hydroxylation is 2. The molecule has 0 bridgehead atoms. The number of nitrogens with one attached hydrogen (secondary N) is 1. The van der Waals surface area contributed by atoms with Crippen LogP contribution in [0, 0.1) is 13.8 Å². The van der Waals surface area contributed by atoms with Gasteiger partial charge in [-0.1, -0.05) is 13.3 Å². The van der Waals surface area contributed by atoms with Gasteiger partial charge in [-0.2, -0.15) is 5.10 Å². The summed E-state index contributed by atoms with van der Waals surface area (Å²) < 4.78 is 1.77. The fourth-order valence-electron chi connectivity index (χ4n) is 2.28. The molecule has 0 atom stereocenters. The summed E-state index contributed by atoms with van der Waals surface area (Å²) in [5.74, 6) is -0.0248. The van der Waals surface area contributed by atoms with Gasteiger partial charge in [-0.3, -0.25) is 14.4 Å². The molecule has 0 saturated heterocycles. The van der Waals surface area contributed by atoms with Crippen LogP contribution in [0.25, 0.3) is 0 Å². The molecule has 21 heavy (non-hydrogen) atoms. The number of unbranched alkanes of at least 4 members (excludes halogenated alkanes) is 1. The molecule has 0 aliphatic rings. The molecule has 0 unspecified atom stereocenters. The van der Waals surface area contributed by atoms with Gasteiger partial charge in [-0.05, 0) is 33.2 Å². The van der Waals surface area contributed by atoms with E-state index >= 15 is 0 Å². The Labute approximate surface area is 127 Å². The van der Waals surface area contributed by atoms with Gasteiger partial charge in [0.2, 0.25) is 5.91 Å². The molecule has 0 aliphatic carbocycles. The summed E-state index contributed by atoms with van der Waals surface area (Å²) in [7, 11) is 1.87. The Morgan fingerprint density at radius 1 is 1.33 bits per heavy atom. The van der Waals surface area contributed by atoms with Crippen molar-refractivity contribution in [3.05, 3.63) is 11.4 Å². The monoisotopic (exact) mass is 296 g/mol. The fourth-order valence-corrected chi connectivity index (χ4v) is 2.28. The molecule has 1 aromatic rings. The highest BCUT2D eigenvalue weighted by atomic mass is 16.3. The van der Waals surface area contributed by atoms with E-state index in [1.165, 1.54) is 0 Å². The zero-order valence-corrected chi connectivity index (χ0v) is 13.6. The van der Waals surface area contributed by atoms with Crippen molar-refractivity contribution in [3.63, 3.8) is 0 Å². The van der Waals surface area contributed by atoms with E-state index in [0.29, 0.717) is 13.0 Å². The highest BCUT2D eigenvalue weighted by Gasteiger charge is 2.15. The molecule has 1 heterocycles. The number of nitrogens with zero attached hydrogens (tertiary/aromatic N) is 3. The smallest absolute Gasteiger partial charge is 0.238 e. The average Bonchev–Trinajstić information content (AvgIpc) is 2.68. The predicted molar refractivity (Wildman–Crippen MR) is 84.4 cm³/mol. The van der Waals surface area contributed by atoms with Crippen molar-refractivity contribution in [3.8, 4) is 0 Å². The Balaban J connectivity index is 2.59. The fraction of sp³-hybridized carbons (Fsp3) is 0.733. The summed E-state index contributed by atoms with van der Waals surface area (Å²) in [4.78, 5) is 14.3. The highest BCUT2D eigenvalue weighted by molar-refractivity contribution is 5.93. The summed E-state index contributed by atoms with van der Waals surface area (Å²) in [6, 6.07) is 0. The minimum atomic E-state index is -0.0248. The van der Waals surface area contributed by atoms with Gasteiger partial charge < -0.3 is 10.4 Å². The third-order valence-electron chi connectivity index (χ3n) is 3.60. The first-order valence-electron chi connectivity index (χ1n) is 7.62. The SMILES string of the molecule is CCCCN(CCCO)CC(=O)Nc1c(C)nn(C)c1C. The van der Waals surface area contributed by atoms with Crippen LogP contribution >= 0.6 is 0 Å². The minimum Gasteiger partial charge on any atom is -0.396 e. The van der Waals surface area contributed by atoms with Gasteiger partial charge in [-0.25, -0.2) is 0 Å². The minimum absolute atomic E-state index is 0.0248. The maximum atomic E-state index is 12.2. The third-order valence-corrected chi connectivity index (χ3v) is 3.60. The van der Waals surface area contributed by atoms with Crippen LogP contribution in [0.5, 0.6) is 0 Å². The summed E-state index contributed by atoms with van der Waals surface area (Å²) >= 11 is 0. The molecule has 0 spiro atoms. The van der Waals surface area contributed by atoms with Crippen LogP contribution in [0.2, 0.25) is 0 Å². The van der Waals surface area contributed by atoms with Crippen molar-refractivity contribution in [1.29, 1.82) is 0 Å². The number of hydrogen-bond acceptors (Lipinski definition) is 4. The Bertz CT molecular complexity index is 449. The van der Waals surface area contributed by atoms with Crippen molar-refractivity contribution in [1.82, 2.24) is 14.7 Å². The van der Waals surface area contributed by atoms with Gasteiger partial charge in [0.15, 0.2) is 0 Å².